The van der Waals surface area contributed by atoms with Crippen LogP contribution in [0.4, 0.5) is 17.3 Å². The summed E-state index contributed by atoms with van der Waals surface area (Å²) in [5.74, 6) is -0.429. The molecule has 0 radical (unpaired) electrons. The highest BCUT2D eigenvalue weighted by Gasteiger charge is 2.16. The maximum absolute atomic E-state index is 11.8. The normalized spacial score (nSPS) is 9.89. The fourth-order valence-corrected chi connectivity index (χ4v) is 1.38. The summed E-state index contributed by atoms with van der Waals surface area (Å²) in [4.78, 5) is 29.6. The number of nitrogens with zero attached hydrogens (tertiary/aromatic N) is 3. The van der Waals surface area contributed by atoms with Gasteiger partial charge in [-0.15, -0.1) is 0 Å². The van der Waals surface area contributed by atoms with Crippen LogP contribution >= 0.6 is 0 Å². The van der Waals surface area contributed by atoms with Crippen LogP contribution in [-0.2, 0) is 0 Å². The molecule has 0 bridgehead atoms. The summed E-state index contributed by atoms with van der Waals surface area (Å²) in [7, 11) is 0. The summed E-state index contributed by atoms with van der Waals surface area (Å²) in [6.45, 7) is 0. The van der Waals surface area contributed by atoms with Crippen molar-refractivity contribution >= 4 is 23.2 Å². The predicted molar refractivity (Wildman–Crippen MR) is 67.5 cm³/mol. The molecule has 0 aliphatic rings. The van der Waals surface area contributed by atoms with E-state index < -0.39 is 10.8 Å². The highest BCUT2D eigenvalue weighted by molar-refractivity contribution is 6.04. The second kappa shape index (κ2) is 5.08. The Bertz CT molecular complexity index is 629. The van der Waals surface area contributed by atoms with Gasteiger partial charge >= 0.3 is 0 Å². The van der Waals surface area contributed by atoms with E-state index in [0.29, 0.717) is 0 Å². The summed E-state index contributed by atoms with van der Waals surface area (Å²) in [5, 5.41) is 13.1. The molecule has 1 aromatic heterocycles. The first-order chi connectivity index (χ1) is 9.08. The molecule has 3 N–H and O–H groups in total. The van der Waals surface area contributed by atoms with Gasteiger partial charge < -0.3 is 5.73 Å². The van der Waals surface area contributed by atoms with E-state index in [9.17, 15) is 14.9 Å². The molecule has 1 aromatic carbocycles. The Balaban J connectivity index is 2.25. The van der Waals surface area contributed by atoms with Crippen molar-refractivity contribution in [3.05, 3.63) is 52.3 Å². The van der Waals surface area contributed by atoms with Gasteiger partial charge in [0.15, 0.2) is 0 Å². The molecule has 8 nitrogen and oxygen atoms in total. The van der Waals surface area contributed by atoms with Gasteiger partial charge in [-0.25, -0.2) is 9.97 Å². The maximum Gasteiger partial charge on any atom is 0.292 e. The first-order valence-electron chi connectivity index (χ1n) is 5.20. The molecule has 19 heavy (non-hydrogen) atoms. The Morgan fingerprint density at radius 1 is 1.32 bits per heavy atom. The van der Waals surface area contributed by atoms with E-state index in [1.165, 1.54) is 24.5 Å². The quantitative estimate of drug-likeness (QED) is 0.485. The molecule has 1 heterocycles. The largest absolute Gasteiger partial charge is 0.393 e. The van der Waals surface area contributed by atoms with Crippen molar-refractivity contribution in [2.24, 2.45) is 0 Å². The minimum Gasteiger partial charge on any atom is -0.393 e. The monoisotopic (exact) mass is 259 g/mol. The molecule has 0 aliphatic carbocycles. The third kappa shape index (κ3) is 2.80. The number of nitrogens with two attached hydrogens (primary N) is 1. The molecule has 2 rings (SSSR count). The Kier molecular flexibility index (Phi) is 3.33. The Labute approximate surface area is 107 Å². The lowest BCUT2D eigenvalue weighted by Crippen LogP contribution is -2.14. The van der Waals surface area contributed by atoms with E-state index in [-0.39, 0.29) is 22.9 Å². The highest BCUT2D eigenvalue weighted by Crippen LogP contribution is 2.22. The average Bonchev–Trinajstić information content (AvgIpc) is 2.40. The number of nitro groups is 1. The zero-order valence-electron chi connectivity index (χ0n) is 9.61. The van der Waals surface area contributed by atoms with Crippen LogP contribution in [-0.4, -0.2) is 20.8 Å². The van der Waals surface area contributed by atoms with E-state index in [1.807, 2.05) is 0 Å². The van der Waals surface area contributed by atoms with E-state index in [0.717, 1.165) is 6.07 Å². The Hall–Kier alpha value is -3.03. The summed E-state index contributed by atoms with van der Waals surface area (Å²) in [6.07, 6.45) is 2.93. The molecule has 8 heteroatoms. The van der Waals surface area contributed by atoms with Crippen molar-refractivity contribution in [1.82, 2.24) is 9.97 Å². The summed E-state index contributed by atoms with van der Waals surface area (Å²) in [5.41, 5.74) is 5.23. The van der Waals surface area contributed by atoms with Gasteiger partial charge in [0.2, 0.25) is 5.95 Å². The molecular weight excluding hydrogens is 250 g/mol. The Morgan fingerprint density at radius 2 is 2.00 bits per heavy atom. The second-order valence-corrected chi connectivity index (χ2v) is 3.56. The number of nitrogen functional groups attached to an aromatic ring is 1. The first-order valence-corrected chi connectivity index (χ1v) is 5.20. The van der Waals surface area contributed by atoms with Crippen LogP contribution in [0.3, 0.4) is 0 Å². The lowest BCUT2D eigenvalue weighted by molar-refractivity contribution is -0.383. The van der Waals surface area contributed by atoms with Crippen molar-refractivity contribution in [3.8, 4) is 0 Å². The number of aromatic nitrogens is 2. The van der Waals surface area contributed by atoms with Gasteiger partial charge in [-0.05, 0) is 18.2 Å². The zero-order chi connectivity index (χ0) is 13.8. The highest BCUT2D eigenvalue weighted by atomic mass is 16.6. The zero-order valence-corrected chi connectivity index (χ0v) is 9.61. The minimum absolute atomic E-state index is 0.00230. The number of hydrogen-bond donors (Lipinski definition) is 2. The smallest absolute Gasteiger partial charge is 0.292 e. The molecule has 96 valence electrons. The second-order valence-electron chi connectivity index (χ2n) is 3.56. The minimum atomic E-state index is -0.648. The van der Waals surface area contributed by atoms with Gasteiger partial charge in [-0.2, -0.15) is 0 Å². The van der Waals surface area contributed by atoms with Gasteiger partial charge in [0.1, 0.15) is 5.69 Å². The predicted octanol–water partition coefficient (Wildman–Crippen LogP) is 1.22. The van der Waals surface area contributed by atoms with Gasteiger partial charge in [0.25, 0.3) is 11.6 Å². The number of benzene rings is 1. The van der Waals surface area contributed by atoms with Crippen molar-refractivity contribution in [1.29, 1.82) is 0 Å². The number of nitro benzene ring substituents is 1. The third-order valence-electron chi connectivity index (χ3n) is 2.28. The summed E-state index contributed by atoms with van der Waals surface area (Å²) < 4.78 is 0. The SMILES string of the molecule is Nc1ccc(C(=O)Nc2ncccn2)cc1[N+](=O)[O-]. The maximum atomic E-state index is 11.8. The van der Waals surface area contributed by atoms with Crippen LogP contribution in [0.1, 0.15) is 10.4 Å². The fourth-order valence-electron chi connectivity index (χ4n) is 1.38. The topological polar surface area (TPSA) is 124 Å². The molecule has 0 aliphatic heterocycles. The van der Waals surface area contributed by atoms with Crippen LogP contribution in [0.5, 0.6) is 0 Å². The number of hydrogen-bond acceptors (Lipinski definition) is 6. The summed E-state index contributed by atoms with van der Waals surface area (Å²) >= 11 is 0. The number of anilines is 2. The molecule has 0 saturated heterocycles. The van der Waals surface area contributed by atoms with Crippen LogP contribution in [0.25, 0.3) is 0 Å². The van der Waals surface area contributed by atoms with Crippen molar-refractivity contribution in [3.63, 3.8) is 0 Å². The molecule has 0 spiro atoms. The van der Waals surface area contributed by atoms with Crippen molar-refractivity contribution in [2.75, 3.05) is 11.1 Å². The van der Waals surface area contributed by atoms with E-state index >= 15 is 0 Å². The number of amides is 1. The van der Waals surface area contributed by atoms with Gasteiger partial charge in [0.05, 0.1) is 4.92 Å². The van der Waals surface area contributed by atoms with Gasteiger partial charge in [-0.3, -0.25) is 20.2 Å². The lowest BCUT2D eigenvalue weighted by atomic mass is 10.1. The van der Waals surface area contributed by atoms with E-state index in [1.54, 1.807) is 6.07 Å². The van der Waals surface area contributed by atoms with Crippen LogP contribution in [0, 0.1) is 10.1 Å². The summed E-state index contributed by atoms with van der Waals surface area (Å²) in [6, 6.07) is 5.40. The number of carbonyl (C=O) groups is 1. The van der Waals surface area contributed by atoms with Crippen LogP contribution in [0.15, 0.2) is 36.7 Å². The first kappa shape index (κ1) is 12.4. The third-order valence-corrected chi connectivity index (χ3v) is 2.28. The molecule has 0 unspecified atom stereocenters. The standard InChI is InChI=1S/C11H9N5O3/c12-8-3-2-7(6-9(8)16(18)19)10(17)15-11-13-4-1-5-14-11/h1-6H,12H2,(H,13,14,15,17). The molecular formula is C11H9N5O3. The van der Waals surface area contributed by atoms with E-state index in [2.05, 4.69) is 15.3 Å². The number of nitrogens with one attached hydrogen (secondary N) is 1. The van der Waals surface area contributed by atoms with Crippen LogP contribution < -0.4 is 11.1 Å². The number of carbonyl (C=O) groups excluding carboxylic acids is 1. The molecule has 1 amide bonds. The molecule has 0 fully saturated rings. The lowest BCUT2D eigenvalue weighted by Gasteiger charge is -2.04. The molecule has 2 aromatic rings. The molecule has 0 saturated carbocycles. The van der Waals surface area contributed by atoms with Gasteiger partial charge in [-0.1, -0.05) is 0 Å². The fraction of sp³-hybridized carbons (Fsp3) is 0. The Morgan fingerprint density at radius 3 is 2.63 bits per heavy atom. The van der Waals surface area contributed by atoms with Gasteiger partial charge in [0, 0.05) is 24.0 Å². The number of rotatable bonds is 3. The average molecular weight is 259 g/mol. The van der Waals surface area contributed by atoms with Crippen molar-refractivity contribution in [2.45, 2.75) is 0 Å². The van der Waals surface area contributed by atoms with Crippen molar-refractivity contribution < 1.29 is 9.72 Å². The van der Waals surface area contributed by atoms with E-state index in [4.69, 9.17) is 5.73 Å². The molecule has 0 atom stereocenters. The van der Waals surface area contributed by atoms with Crippen LogP contribution in [0.2, 0.25) is 0 Å².